The fourth-order valence-electron chi connectivity index (χ4n) is 4.38. The maximum absolute atomic E-state index is 11.2. The molecule has 0 amide bonds. The van der Waals surface area contributed by atoms with Crippen molar-refractivity contribution in [1.82, 2.24) is 20.2 Å². The molecule has 2 atom stereocenters. The number of aromatic nitrogens is 2. The van der Waals surface area contributed by atoms with E-state index in [0.29, 0.717) is 56.2 Å². The first-order valence-electron chi connectivity index (χ1n) is 12.3. The molecule has 2 saturated heterocycles. The lowest BCUT2D eigenvalue weighted by Crippen LogP contribution is -2.40. The second-order valence-electron chi connectivity index (χ2n) is 9.00. The number of morpholine rings is 1. The molecule has 0 radical (unpaired) electrons. The van der Waals surface area contributed by atoms with Crippen molar-refractivity contribution in [2.45, 2.75) is 31.2 Å². The van der Waals surface area contributed by atoms with Crippen LogP contribution < -0.4 is 15.0 Å². The summed E-state index contributed by atoms with van der Waals surface area (Å²) >= 11 is 0. The summed E-state index contributed by atoms with van der Waals surface area (Å²) < 4.78 is 16.8. The van der Waals surface area contributed by atoms with Crippen LogP contribution >= 0.6 is 0 Å². The van der Waals surface area contributed by atoms with Crippen LogP contribution in [0.2, 0.25) is 0 Å². The van der Waals surface area contributed by atoms with Gasteiger partial charge in [0.2, 0.25) is 0 Å². The summed E-state index contributed by atoms with van der Waals surface area (Å²) in [4.78, 5) is 13.8. The van der Waals surface area contributed by atoms with Crippen molar-refractivity contribution >= 4 is 5.82 Å². The number of hydrogen-bond donors (Lipinski definition) is 3. The lowest BCUT2D eigenvalue weighted by atomic mass is 10.1. The molecule has 2 fully saturated rings. The number of aliphatic hydroxyl groups excluding tert-OH is 2. The van der Waals surface area contributed by atoms with Gasteiger partial charge in [0.1, 0.15) is 24.3 Å². The van der Waals surface area contributed by atoms with Crippen LogP contribution in [0.3, 0.4) is 0 Å². The Kier molecular flexibility index (Phi) is 9.25. The van der Waals surface area contributed by atoms with E-state index in [0.717, 1.165) is 37.4 Å². The van der Waals surface area contributed by atoms with Crippen LogP contribution in [-0.4, -0.2) is 104 Å². The van der Waals surface area contributed by atoms with Crippen LogP contribution in [0.1, 0.15) is 24.8 Å². The number of hydrogen-bond acceptors (Lipinski definition) is 10. The molecule has 1 aromatic heterocycles. The standard InChI is InChI=1S/C25H37N5O5/c1-26-16-20(31)17-35-21-5-3-4-18(14-21)24-27-22(25(32)30-8-12-34-13-9-30)15-23(28-24)29(2)19-6-10-33-11-7-19/h3-5,14-15,19-20,25-26,31-32H,6-13,16-17H2,1-2H3. The van der Waals surface area contributed by atoms with Gasteiger partial charge in [-0.05, 0) is 32.0 Å². The number of ether oxygens (including phenoxy) is 3. The van der Waals surface area contributed by atoms with E-state index in [1.54, 1.807) is 7.05 Å². The summed E-state index contributed by atoms with van der Waals surface area (Å²) in [6, 6.07) is 9.71. The number of aliphatic hydroxyl groups is 2. The van der Waals surface area contributed by atoms with Crippen LogP contribution in [0.25, 0.3) is 11.4 Å². The van der Waals surface area contributed by atoms with Crippen LogP contribution in [-0.2, 0) is 9.47 Å². The molecule has 2 aliphatic heterocycles. The van der Waals surface area contributed by atoms with Gasteiger partial charge in [-0.15, -0.1) is 0 Å². The monoisotopic (exact) mass is 487 g/mol. The number of nitrogens with one attached hydrogen (secondary N) is 1. The first-order chi connectivity index (χ1) is 17.0. The van der Waals surface area contributed by atoms with E-state index >= 15 is 0 Å². The number of rotatable bonds is 10. The molecule has 0 aliphatic carbocycles. The van der Waals surface area contributed by atoms with Gasteiger partial charge in [0, 0.05) is 57.6 Å². The molecule has 2 aromatic rings. The molecular formula is C25H37N5O5. The summed E-state index contributed by atoms with van der Waals surface area (Å²) in [5.41, 5.74) is 1.34. The average Bonchev–Trinajstić information content (AvgIpc) is 2.92. The molecule has 192 valence electrons. The molecule has 35 heavy (non-hydrogen) atoms. The molecule has 3 heterocycles. The molecule has 3 N–H and O–H groups in total. The van der Waals surface area contributed by atoms with E-state index in [1.165, 1.54) is 0 Å². The summed E-state index contributed by atoms with van der Waals surface area (Å²) in [6.45, 7) is 4.55. The summed E-state index contributed by atoms with van der Waals surface area (Å²) in [7, 11) is 3.82. The van der Waals surface area contributed by atoms with Gasteiger partial charge in [-0.3, -0.25) is 4.90 Å². The van der Waals surface area contributed by atoms with Crippen LogP contribution in [0.15, 0.2) is 30.3 Å². The van der Waals surface area contributed by atoms with Gasteiger partial charge in [-0.1, -0.05) is 12.1 Å². The minimum Gasteiger partial charge on any atom is -0.491 e. The molecule has 10 nitrogen and oxygen atoms in total. The Morgan fingerprint density at radius 2 is 1.86 bits per heavy atom. The van der Waals surface area contributed by atoms with Gasteiger partial charge < -0.3 is 34.6 Å². The number of anilines is 1. The smallest absolute Gasteiger partial charge is 0.162 e. The van der Waals surface area contributed by atoms with Gasteiger partial charge in [-0.2, -0.15) is 0 Å². The third-order valence-electron chi connectivity index (χ3n) is 6.46. The van der Waals surface area contributed by atoms with E-state index in [9.17, 15) is 10.2 Å². The zero-order valence-electron chi connectivity index (χ0n) is 20.6. The van der Waals surface area contributed by atoms with E-state index in [-0.39, 0.29) is 6.61 Å². The van der Waals surface area contributed by atoms with Crippen molar-refractivity contribution in [3.05, 3.63) is 36.0 Å². The Bertz CT molecular complexity index is 894. The Morgan fingerprint density at radius 1 is 1.11 bits per heavy atom. The fourth-order valence-corrected chi connectivity index (χ4v) is 4.38. The lowest BCUT2D eigenvalue weighted by Gasteiger charge is -2.34. The average molecular weight is 488 g/mol. The Hall–Kier alpha value is -2.34. The zero-order chi connectivity index (χ0) is 24.6. The Morgan fingerprint density at radius 3 is 2.60 bits per heavy atom. The second kappa shape index (κ2) is 12.6. The van der Waals surface area contributed by atoms with Crippen molar-refractivity contribution < 1.29 is 24.4 Å². The van der Waals surface area contributed by atoms with Crippen LogP contribution in [0.4, 0.5) is 5.82 Å². The van der Waals surface area contributed by atoms with E-state index in [2.05, 4.69) is 10.2 Å². The molecule has 2 aliphatic rings. The predicted molar refractivity (Wildman–Crippen MR) is 132 cm³/mol. The van der Waals surface area contributed by atoms with Crippen molar-refractivity contribution in [2.75, 3.05) is 71.7 Å². The maximum atomic E-state index is 11.2. The van der Waals surface area contributed by atoms with Gasteiger partial charge in [0.05, 0.1) is 18.9 Å². The minimum atomic E-state index is -0.849. The number of nitrogens with zero attached hydrogens (tertiary/aromatic N) is 4. The van der Waals surface area contributed by atoms with Gasteiger partial charge in [-0.25, -0.2) is 9.97 Å². The number of likely N-dealkylation sites (N-methyl/N-ethyl adjacent to an activating group) is 1. The highest BCUT2D eigenvalue weighted by Gasteiger charge is 2.26. The highest BCUT2D eigenvalue weighted by molar-refractivity contribution is 5.60. The lowest BCUT2D eigenvalue weighted by molar-refractivity contribution is -0.0622. The fraction of sp³-hybridized carbons (Fsp3) is 0.600. The summed E-state index contributed by atoms with van der Waals surface area (Å²) in [6.07, 6.45) is 0.399. The molecule has 0 bridgehead atoms. The van der Waals surface area contributed by atoms with Crippen molar-refractivity contribution in [3.8, 4) is 17.1 Å². The van der Waals surface area contributed by atoms with Gasteiger partial charge in [0.15, 0.2) is 12.1 Å². The summed E-state index contributed by atoms with van der Waals surface area (Å²) in [5.74, 6) is 1.91. The molecule has 0 saturated carbocycles. The van der Waals surface area contributed by atoms with E-state index < -0.39 is 12.3 Å². The van der Waals surface area contributed by atoms with E-state index in [4.69, 9.17) is 24.2 Å². The van der Waals surface area contributed by atoms with Crippen LogP contribution in [0, 0.1) is 0 Å². The molecule has 10 heteroatoms. The van der Waals surface area contributed by atoms with E-state index in [1.807, 2.05) is 42.3 Å². The van der Waals surface area contributed by atoms with Crippen molar-refractivity contribution in [3.63, 3.8) is 0 Å². The van der Waals surface area contributed by atoms with Crippen molar-refractivity contribution in [2.24, 2.45) is 0 Å². The first-order valence-corrected chi connectivity index (χ1v) is 12.3. The van der Waals surface area contributed by atoms with Gasteiger partial charge in [0.25, 0.3) is 0 Å². The second-order valence-corrected chi connectivity index (χ2v) is 9.00. The molecule has 2 unspecified atom stereocenters. The molecule has 0 spiro atoms. The third-order valence-corrected chi connectivity index (χ3v) is 6.46. The summed E-state index contributed by atoms with van der Waals surface area (Å²) in [5, 5.41) is 24.1. The predicted octanol–water partition coefficient (Wildman–Crippen LogP) is 1.04. The topological polar surface area (TPSA) is 112 Å². The van der Waals surface area contributed by atoms with Gasteiger partial charge >= 0.3 is 0 Å². The highest BCUT2D eigenvalue weighted by atomic mass is 16.5. The third kappa shape index (κ3) is 6.87. The highest BCUT2D eigenvalue weighted by Crippen LogP contribution is 2.29. The Labute approximate surface area is 206 Å². The molecular weight excluding hydrogens is 450 g/mol. The Balaban J connectivity index is 1.63. The molecule has 1 aromatic carbocycles. The quantitative estimate of drug-likeness (QED) is 0.449. The van der Waals surface area contributed by atoms with Crippen LogP contribution in [0.5, 0.6) is 5.75 Å². The molecule has 4 rings (SSSR count). The largest absolute Gasteiger partial charge is 0.491 e. The zero-order valence-corrected chi connectivity index (χ0v) is 20.6. The SMILES string of the molecule is CNCC(O)COc1cccc(-c2nc(C(O)N3CCOCC3)cc(N(C)C3CCOCC3)n2)c1. The number of benzene rings is 1. The van der Waals surface area contributed by atoms with Crippen molar-refractivity contribution in [1.29, 1.82) is 0 Å². The first kappa shape index (κ1) is 25.7. The maximum Gasteiger partial charge on any atom is 0.162 e. The minimum absolute atomic E-state index is 0.179. The normalized spacial score (nSPS) is 19.3.